The van der Waals surface area contributed by atoms with Crippen LogP contribution in [0.15, 0.2) is 11.3 Å². The highest BCUT2D eigenvalue weighted by molar-refractivity contribution is 8.02. The number of rotatable bonds is 1. The number of hydrogen-bond donors (Lipinski definition) is 0. The predicted molar refractivity (Wildman–Crippen MR) is 35.3 cm³/mol. The third-order valence-corrected chi connectivity index (χ3v) is 2.02. The second-order valence-electron chi connectivity index (χ2n) is 1.70. The molecule has 0 fully saturated rings. The fourth-order valence-corrected chi connectivity index (χ4v) is 1.36. The van der Waals surface area contributed by atoms with Gasteiger partial charge in [-0.1, -0.05) is 11.8 Å². The number of hydrogen-bond acceptors (Lipinski definition) is 3. The van der Waals surface area contributed by atoms with Gasteiger partial charge < -0.3 is 9.64 Å². The minimum atomic E-state index is -0.972. The van der Waals surface area contributed by atoms with Crippen LogP contribution in [-0.4, -0.2) is 24.7 Å². The maximum atomic E-state index is 12.5. The maximum Gasteiger partial charge on any atom is 0.225 e. The van der Waals surface area contributed by atoms with Gasteiger partial charge in [-0.2, -0.15) is 0 Å². The predicted octanol–water partition coefficient (Wildman–Crippen LogP) is 1.36. The second kappa shape index (κ2) is 2.47. The van der Waals surface area contributed by atoms with Crippen molar-refractivity contribution < 1.29 is 9.13 Å². The van der Waals surface area contributed by atoms with Gasteiger partial charge in [-0.25, -0.2) is 4.39 Å². The van der Waals surface area contributed by atoms with Gasteiger partial charge in [0.15, 0.2) is 5.88 Å². The number of nitrogens with zero attached hydrogens (tertiary/aromatic N) is 1. The van der Waals surface area contributed by atoms with E-state index in [1.807, 2.05) is 0 Å². The summed E-state index contributed by atoms with van der Waals surface area (Å²) in [7, 11) is 3.18. The molecule has 1 aliphatic rings. The minimum absolute atomic E-state index is 0.590. The van der Waals surface area contributed by atoms with Crippen molar-refractivity contribution in [3.05, 3.63) is 11.3 Å². The molecule has 1 aliphatic heterocycles. The quantitative estimate of drug-likeness (QED) is 0.522. The smallest absolute Gasteiger partial charge is 0.225 e. The van der Waals surface area contributed by atoms with Gasteiger partial charge in [0.1, 0.15) is 0 Å². The Kier molecular flexibility index (Phi) is 1.85. The Labute approximate surface area is 57.7 Å². The number of thioether (sulfide) groups is 1. The summed E-state index contributed by atoms with van der Waals surface area (Å²) in [4.78, 5) is 1.44. The molecule has 0 saturated heterocycles. The summed E-state index contributed by atoms with van der Waals surface area (Å²) in [5.41, 5.74) is -0.972. The average Bonchev–Trinajstić information content (AvgIpc) is 2.15. The molecular formula is C5H8FNOS. The van der Waals surface area contributed by atoms with Crippen molar-refractivity contribution in [1.82, 2.24) is 4.90 Å². The van der Waals surface area contributed by atoms with E-state index in [1.54, 1.807) is 12.5 Å². The zero-order valence-electron chi connectivity index (χ0n) is 5.30. The lowest BCUT2D eigenvalue weighted by Crippen LogP contribution is -2.20. The van der Waals surface area contributed by atoms with Crippen molar-refractivity contribution in [3.8, 4) is 0 Å². The second-order valence-corrected chi connectivity index (χ2v) is 2.60. The van der Waals surface area contributed by atoms with E-state index in [9.17, 15) is 4.39 Å². The first-order valence-electron chi connectivity index (χ1n) is 2.52. The molecule has 1 heterocycles. The van der Waals surface area contributed by atoms with Gasteiger partial charge in [0.25, 0.3) is 0 Å². The van der Waals surface area contributed by atoms with Crippen molar-refractivity contribution >= 4 is 11.8 Å². The van der Waals surface area contributed by atoms with Gasteiger partial charge >= 0.3 is 0 Å². The first kappa shape index (κ1) is 6.74. The summed E-state index contributed by atoms with van der Waals surface area (Å²) < 4.78 is 17.3. The van der Waals surface area contributed by atoms with Crippen LogP contribution < -0.4 is 0 Å². The van der Waals surface area contributed by atoms with Crippen LogP contribution in [0.3, 0.4) is 0 Å². The van der Waals surface area contributed by atoms with E-state index in [0.717, 1.165) is 11.8 Å². The number of halogens is 1. The molecule has 0 aromatic rings. The summed E-state index contributed by atoms with van der Waals surface area (Å²) in [6, 6.07) is 0. The highest BCUT2D eigenvalue weighted by Crippen LogP contribution is 2.29. The van der Waals surface area contributed by atoms with Crippen LogP contribution in [0.25, 0.3) is 0 Å². The molecule has 0 N–H and O–H groups in total. The van der Waals surface area contributed by atoms with E-state index in [0.29, 0.717) is 5.88 Å². The molecule has 0 bridgehead atoms. The van der Waals surface area contributed by atoms with E-state index in [1.165, 1.54) is 12.0 Å². The topological polar surface area (TPSA) is 12.5 Å². The van der Waals surface area contributed by atoms with Gasteiger partial charge in [-0.15, -0.1) is 0 Å². The monoisotopic (exact) mass is 149 g/mol. The summed E-state index contributed by atoms with van der Waals surface area (Å²) in [5.74, 6) is 0.590. The molecule has 1 atom stereocenters. The number of alkyl halides is 1. The maximum absolute atomic E-state index is 12.5. The van der Waals surface area contributed by atoms with Crippen LogP contribution in [0, 0.1) is 0 Å². The van der Waals surface area contributed by atoms with E-state index < -0.39 is 5.63 Å². The lowest BCUT2D eigenvalue weighted by molar-refractivity contribution is 0.128. The first-order valence-corrected chi connectivity index (χ1v) is 3.46. The molecule has 0 aliphatic carbocycles. The fourth-order valence-electron chi connectivity index (χ4n) is 0.581. The van der Waals surface area contributed by atoms with Gasteiger partial charge in [0.2, 0.25) is 5.63 Å². The van der Waals surface area contributed by atoms with Crippen LogP contribution in [0.2, 0.25) is 0 Å². The van der Waals surface area contributed by atoms with Gasteiger partial charge in [-0.3, -0.25) is 0 Å². The van der Waals surface area contributed by atoms with Gasteiger partial charge in [0, 0.05) is 12.5 Å². The van der Waals surface area contributed by atoms with Crippen LogP contribution in [0.5, 0.6) is 0 Å². The largest absolute Gasteiger partial charge is 0.482 e. The zero-order valence-corrected chi connectivity index (χ0v) is 6.11. The Hall–Kier alpha value is -0.380. The molecule has 0 radical (unpaired) electrons. The van der Waals surface area contributed by atoms with Crippen LogP contribution in [0.4, 0.5) is 4.39 Å². The normalized spacial score (nSPS) is 26.3. The molecule has 0 amide bonds. The molecule has 0 aromatic heterocycles. The fraction of sp³-hybridized carbons (Fsp3) is 0.600. The average molecular weight is 149 g/mol. The Morgan fingerprint density at radius 2 is 2.56 bits per heavy atom. The lowest BCUT2D eigenvalue weighted by atomic mass is 10.8. The summed E-state index contributed by atoms with van der Waals surface area (Å²) in [5, 5.41) is 1.66. The van der Waals surface area contributed by atoms with Crippen molar-refractivity contribution in [2.75, 3.05) is 14.2 Å². The number of methoxy groups -OCH3 is 1. The van der Waals surface area contributed by atoms with Gasteiger partial charge in [0.05, 0.1) is 7.11 Å². The zero-order chi connectivity index (χ0) is 6.85. The summed E-state index contributed by atoms with van der Waals surface area (Å²) in [6.07, 6.45) is 0. The molecule has 1 rings (SSSR count). The molecule has 4 heteroatoms. The van der Waals surface area contributed by atoms with Crippen LogP contribution in [-0.2, 0) is 4.74 Å². The highest BCUT2D eigenvalue weighted by Gasteiger charge is 2.22. The molecule has 1 unspecified atom stereocenters. The molecule has 0 spiro atoms. The molecule has 0 aromatic carbocycles. The SMILES string of the molecule is COC1=CSC(F)N1C. The third-order valence-electron chi connectivity index (χ3n) is 1.14. The Bertz CT molecular complexity index is 139. The van der Waals surface area contributed by atoms with Crippen LogP contribution >= 0.6 is 11.8 Å². The first-order chi connectivity index (χ1) is 4.25. The van der Waals surface area contributed by atoms with Crippen molar-refractivity contribution in [1.29, 1.82) is 0 Å². The van der Waals surface area contributed by atoms with E-state index >= 15 is 0 Å². The summed E-state index contributed by atoms with van der Waals surface area (Å²) >= 11 is 1.11. The van der Waals surface area contributed by atoms with Gasteiger partial charge in [-0.05, 0) is 0 Å². The molecule has 52 valence electrons. The van der Waals surface area contributed by atoms with E-state index in [4.69, 9.17) is 4.74 Å². The lowest BCUT2D eigenvalue weighted by Gasteiger charge is -2.15. The molecule has 0 saturated carbocycles. The molecule has 2 nitrogen and oxygen atoms in total. The van der Waals surface area contributed by atoms with Crippen LogP contribution in [0.1, 0.15) is 0 Å². The number of ether oxygens (including phenoxy) is 1. The third kappa shape index (κ3) is 1.13. The Morgan fingerprint density at radius 3 is 2.78 bits per heavy atom. The standard InChI is InChI=1S/C5H8FNOS/c1-7-4(8-2)3-9-5(7)6/h3,5H,1-2H3. The van der Waals surface area contributed by atoms with Crippen molar-refractivity contribution in [2.45, 2.75) is 5.63 Å². The molecular weight excluding hydrogens is 141 g/mol. The van der Waals surface area contributed by atoms with Crippen molar-refractivity contribution in [3.63, 3.8) is 0 Å². The van der Waals surface area contributed by atoms with Crippen molar-refractivity contribution in [2.24, 2.45) is 0 Å². The Morgan fingerprint density at radius 1 is 1.89 bits per heavy atom. The summed E-state index contributed by atoms with van der Waals surface area (Å²) in [6.45, 7) is 0. The Balaban J connectivity index is 2.55. The molecule has 9 heavy (non-hydrogen) atoms. The van der Waals surface area contributed by atoms with E-state index in [2.05, 4.69) is 0 Å². The minimum Gasteiger partial charge on any atom is -0.482 e. The van der Waals surface area contributed by atoms with E-state index in [-0.39, 0.29) is 0 Å². The highest BCUT2D eigenvalue weighted by atomic mass is 32.2.